The van der Waals surface area contributed by atoms with Crippen LogP contribution in [0.5, 0.6) is 0 Å². The molecule has 0 aliphatic carbocycles. The van der Waals surface area contributed by atoms with E-state index in [-0.39, 0.29) is 12.0 Å². The Morgan fingerprint density at radius 1 is 1.23 bits per heavy atom. The number of ether oxygens (including phenoxy) is 1. The lowest BCUT2D eigenvalue weighted by Gasteiger charge is -2.17. The summed E-state index contributed by atoms with van der Waals surface area (Å²) >= 11 is 6.17. The van der Waals surface area contributed by atoms with E-state index in [0.717, 1.165) is 16.7 Å². The predicted molar refractivity (Wildman–Crippen MR) is 89.1 cm³/mol. The number of nitrogens with one attached hydrogen (secondary N) is 1. The molecular formula is C18H20ClNO2. The number of hydrogen-bond donors (Lipinski definition) is 1. The van der Waals surface area contributed by atoms with Gasteiger partial charge in [0.25, 0.3) is 0 Å². The molecule has 0 saturated heterocycles. The maximum absolute atomic E-state index is 12.1. The number of benzene rings is 2. The van der Waals surface area contributed by atoms with Crippen LogP contribution in [0.2, 0.25) is 5.02 Å². The van der Waals surface area contributed by atoms with E-state index in [9.17, 15) is 4.79 Å². The highest BCUT2D eigenvalue weighted by molar-refractivity contribution is 6.31. The number of carbonyl (C=O) groups is 1. The zero-order valence-electron chi connectivity index (χ0n) is 12.8. The van der Waals surface area contributed by atoms with E-state index >= 15 is 0 Å². The normalized spacial score (nSPS) is 12.0. The Labute approximate surface area is 136 Å². The van der Waals surface area contributed by atoms with Crippen LogP contribution in [-0.2, 0) is 16.0 Å². The average Bonchev–Trinajstić information content (AvgIpc) is 2.49. The molecular weight excluding hydrogens is 298 g/mol. The van der Waals surface area contributed by atoms with Crippen molar-refractivity contribution in [2.75, 3.05) is 13.7 Å². The summed E-state index contributed by atoms with van der Waals surface area (Å²) in [7, 11) is 1.61. The van der Waals surface area contributed by atoms with Crippen molar-refractivity contribution in [3.8, 4) is 0 Å². The van der Waals surface area contributed by atoms with Crippen LogP contribution in [0, 0.1) is 6.92 Å². The quantitative estimate of drug-likeness (QED) is 0.882. The smallest absolute Gasteiger partial charge is 0.224 e. The van der Waals surface area contributed by atoms with Gasteiger partial charge in [0, 0.05) is 24.2 Å². The molecule has 0 aromatic heterocycles. The number of halogens is 1. The van der Waals surface area contributed by atoms with Gasteiger partial charge in [-0.05, 0) is 18.6 Å². The monoisotopic (exact) mass is 317 g/mol. The van der Waals surface area contributed by atoms with Crippen LogP contribution in [0.3, 0.4) is 0 Å². The summed E-state index contributed by atoms with van der Waals surface area (Å²) in [6.45, 7) is 2.41. The molecule has 0 saturated carbocycles. The van der Waals surface area contributed by atoms with Gasteiger partial charge in [0.15, 0.2) is 0 Å². The molecule has 0 aliphatic heterocycles. The molecule has 22 heavy (non-hydrogen) atoms. The lowest BCUT2D eigenvalue weighted by Crippen LogP contribution is -2.30. The summed E-state index contributed by atoms with van der Waals surface area (Å²) in [5, 5.41) is 3.55. The maximum atomic E-state index is 12.1. The first-order valence-electron chi connectivity index (χ1n) is 7.19. The molecule has 2 rings (SSSR count). The second-order valence-corrected chi connectivity index (χ2v) is 5.62. The minimum absolute atomic E-state index is 0.0281. The Bertz CT molecular complexity index is 642. The minimum atomic E-state index is -0.254. The third kappa shape index (κ3) is 4.58. The fourth-order valence-electron chi connectivity index (χ4n) is 2.33. The van der Waals surface area contributed by atoms with Gasteiger partial charge in [0.2, 0.25) is 5.91 Å². The van der Waals surface area contributed by atoms with E-state index in [1.54, 1.807) is 7.11 Å². The van der Waals surface area contributed by atoms with E-state index in [0.29, 0.717) is 18.0 Å². The third-order valence-corrected chi connectivity index (χ3v) is 3.81. The Hall–Kier alpha value is -1.84. The van der Waals surface area contributed by atoms with E-state index in [2.05, 4.69) is 5.32 Å². The van der Waals surface area contributed by atoms with Gasteiger partial charge in [-0.15, -0.1) is 0 Å². The zero-order chi connectivity index (χ0) is 15.9. The summed E-state index contributed by atoms with van der Waals surface area (Å²) in [6.07, 6.45) is 0.107. The molecule has 1 amide bonds. The van der Waals surface area contributed by atoms with Crippen molar-refractivity contribution >= 4 is 17.5 Å². The Balaban J connectivity index is 1.93. The second kappa shape index (κ2) is 7.97. The third-order valence-electron chi connectivity index (χ3n) is 3.47. The van der Waals surface area contributed by atoms with Gasteiger partial charge < -0.3 is 10.1 Å². The SMILES string of the molecule is COC(CNC(=O)Cc1cccc(C)c1)c1ccccc1Cl. The Morgan fingerprint density at radius 2 is 2.00 bits per heavy atom. The van der Waals surface area contributed by atoms with E-state index in [1.807, 2.05) is 55.5 Å². The first kappa shape index (κ1) is 16.5. The summed E-state index contributed by atoms with van der Waals surface area (Å²) in [6, 6.07) is 15.4. The van der Waals surface area contributed by atoms with Gasteiger partial charge in [-0.3, -0.25) is 4.79 Å². The predicted octanol–water partition coefficient (Wildman–Crippen LogP) is 3.69. The largest absolute Gasteiger partial charge is 0.375 e. The van der Waals surface area contributed by atoms with E-state index in [4.69, 9.17) is 16.3 Å². The van der Waals surface area contributed by atoms with Crippen LogP contribution in [-0.4, -0.2) is 19.6 Å². The first-order chi connectivity index (χ1) is 10.6. The summed E-state index contributed by atoms with van der Waals surface area (Å²) in [5.74, 6) is -0.0281. The second-order valence-electron chi connectivity index (χ2n) is 5.22. The minimum Gasteiger partial charge on any atom is -0.375 e. The molecule has 4 heteroatoms. The molecule has 3 nitrogen and oxygen atoms in total. The van der Waals surface area contributed by atoms with Crippen molar-refractivity contribution in [3.05, 3.63) is 70.2 Å². The summed E-state index contributed by atoms with van der Waals surface area (Å²) < 4.78 is 5.44. The molecule has 0 spiro atoms. The molecule has 1 atom stereocenters. The number of rotatable bonds is 6. The van der Waals surface area contributed by atoms with Crippen molar-refractivity contribution in [3.63, 3.8) is 0 Å². The number of methoxy groups -OCH3 is 1. The Morgan fingerprint density at radius 3 is 2.68 bits per heavy atom. The van der Waals surface area contributed by atoms with Crippen molar-refractivity contribution < 1.29 is 9.53 Å². The van der Waals surface area contributed by atoms with E-state index in [1.165, 1.54) is 0 Å². The van der Waals surface area contributed by atoms with Crippen LogP contribution >= 0.6 is 11.6 Å². The lowest BCUT2D eigenvalue weighted by atomic mass is 10.1. The molecule has 0 heterocycles. The fourth-order valence-corrected chi connectivity index (χ4v) is 2.59. The molecule has 0 aliphatic rings. The zero-order valence-corrected chi connectivity index (χ0v) is 13.6. The van der Waals surface area contributed by atoms with E-state index < -0.39 is 0 Å². The highest BCUT2D eigenvalue weighted by Gasteiger charge is 2.15. The van der Waals surface area contributed by atoms with Crippen LogP contribution in [0.15, 0.2) is 48.5 Å². The number of amides is 1. The molecule has 0 fully saturated rings. The molecule has 1 unspecified atom stereocenters. The van der Waals surface area contributed by atoms with Crippen LogP contribution < -0.4 is 5.32 Å². The molecule has 2 aromatic rings. The average molecular weight is 318 g/mol. The van der Waals surface area contributed by atoms with Crippen molar-refractivity contribution in [1.82, 2.24) is 5.32 Å². The van der Waals surface area contributed by atoms with Gasteiger partial charge >= 0.3 is 0 Å². The van der Waals surface area contributed by atoms with Crippen molar-refractivity contribution in [2.45, 2.75) is 19.4 Å². The maximum Gasteiger partial charge on any atom is 0.224 e. The number of hydrogen-bond acceptors (Lipinski definition) is 2. The van der Waals surface area contributed by atoms with Gasteiger partial charge in [-0.25, -0.2) is 0 Å². The molecule has 116 valence electrons. The standard InChI is InChI=1S/C18H20ClNO2/c1-13-6-5-7-14(10-13)11-18(21)20-12-17(22-2)15-8-3-4-9-16(15)19/h3-10,17H,11-12H2,1-2H3,(H,20,21). The molecule has 0 bridgehead atoms. The van der Waals surface area contributed by atoms with Crippen LogP contribution in [0.4, 0.5) is 0 Å². The van der Waals surface area contributed by atoms with Crippen LogP contribution in [0.1, 0.15) is 22.8 Å². The highest BCUT2D eigenvalue weighted by Crippen LogP contribution is 2.24. The van der Waals surface area contributed by atoms with Crippen LogP contribution in [0.25, 0.3) is 0 Å². The van der Waals surface area contributed by atoms with Gasteiger partial charge in [-0.1, -0.05) is 59.6 Å². The van der Waals surface area contributed by atoms with Gasteiger partial charge in [-0.2, -0.15) is 0 Å². The summed E-state index contributed by atoms with van der Waals surface area (Å²) in [5.41, 5.74) is 3.03. The van der Waals surface area contributed by atoms with Gasteiger partial charge in [0.05, 0.1) is 6.42 Å². The highest BCUT2D eigenvalue weighted by atomic mass is 35.5. The summed E-state index contributed by atoms with van der Waals surface area (Å²) in [4.78, 5) is 12.1. The fraction of sp³-hybridized carbons (Fsp3) is 0.278. The molecule has 1 N–H and O–H groups in total. The molecule has 0 radical (unpaired) electrons. The van der Waals surface area contributed by atoms with Crippen molar-refractivity contribution in [1.29, 1.82) is 0 Å². The lowest BCUT2D eigenvalue weighted by molar-refractivity contribution is -0.121. The topological polar surface area (TPSA) is 38.3 Å². The van der Waals surface area contributed by atoms with Crippen molar-refractivity contribution in [2.24, 2.45) is 0 Å². The number of carbonyl (C=O) groups excluding carboxylic acids is 1. The van der Waals surface area contributed by atoms with Gasteiger partial charge in [0.1, 0.15) is 6.10 Å². The number of aryl methyl sites for hydroxylation is 1. The first-order valence-corrected chi connectivity index (χ1v) is 7.57. The molecule has 2 aromatic carbocycles. The Kier molecular flexibility index (Phi) is 5.99.